The van der Waals surface area contributed by atoms with Crippen LogP contribution in [0.1, 0.15) is 10.5 Å². The number of rotatable bonds is 7. The monoisotopic (exact) mass is 433 g/mol. The van der Waals surface area contributed by atoms with E-state index in [4.69, 9.17) is 4.74 Å². The highest BCUT2D eigenvalue weighted by atomic mass is 16.5. The van der Waals surface area contributed by atoms with Crippen LogP contribution in [-0.2, 0) is 6.54 Å². The molecule has 8 nitrogen and oxygen atoms in total. The van der Waals surface area contributed by atoms with Crippen LogP contribution in [0.25, 0.3) is 0 Å². The molecule has 166 valence electrons. The molecule has 32 heavy (non-hydrogen) atoms. The van der Waals surface area contributed by atoms with Gasteiger partial charge in [-0.05, 0) is 49.5 Å². The molecule has 1 saturated heterocycles. The summed E-state index contributed by atoms with van der Waals surface area (Å²) >= 11 is 0. The van der Waals surface area contributed by atoms with Gasteiger partial charge in [0.25, 0.3) is 11.5 Å². The lowest BCUT2D eigenvalue weighted by Gasteiger charge is -2.34. The zero-order valence-electron chi connectivity index (χ0n) is 18.1. The Balaban J connectivity index is 1.35. The molecule has 1 aromatic heterocycles. The number of carbonyl (C=O) groups excluding carboxylic acids is 1. The lowest BCUT2D eigenvalue weighted by atomic mass is 10.2. The van der Waals surface area contributed by atoms with E-state index in [2.05, 4.69) is 27.3 Å². The maximum Gasteiger partial charge on any atom is 0.276 e. The summed E-state index contributed by atoms with van der Waals surface area (Å²) in [6.07, 6.45) is 0. The number of nitrogens with one attached hydrogen (secondary N) is 1. The Morgan fingerprint density at radius 2 is 1.69 bits per heavy atom. The molecule has 0 atom stereocenters. The predicted molar refractivity (Wildman–Crippen MR) is 125 cm³/mol. The molecule has 0 saturated carbocycles. The quantitative estimate of drug-likeness (QED) is 0.616. The minimum absolute atomic E-state index is 0.174. The maximum absolute atomic E-state index is 12.7. The first kappa shape index (κ1) is 21.6. The van der Waals surface area contributed by atoms with Gasteiger partial charge < -0.3 is 19.9 Å². The van der Waals surface area contributed by atoms with E-state index >= 15 is 0 Å². The third kappa shape index (κ3) is 5.53. The highest BCUT2D eigenvalue weighted by Crippen LogP contribution is 2.19. The SMILES string of the molecule is CN1CCN(c2ccc(NC(=O)c3ccc(=O)n(CCOc4ccccc4)n3)cc2)CC1. The Morgan fingerprint density at radius 3 is 2.41 bits per heavy atom. The van der Waals surface area contributed by atoms with Crippen molar-refractivity contribution in [1.29, 1.82) is 0 Å². The second-order valence-corrected chi connectivity index (χ2v) is 7.73. The minimum Gasteiger partial charge on any atom is -0.492 e. The van der Waals surface area contributed by atoms with Gasteiger partial charge in [0.15, 0.2) is 0 Å². The number of carbonyl (C=O) groups is 1. The molecule has 0 aliphatic carbocycles. The number of likely N-dealkylation sites (N-methyl/N-ethyl adjacent to an activating group) is 1. The second-order valence-electron chi connectivity index (χ2n) is 7.73. The number of nitrogens with zero attached hydrogens (tertiary/aromatic N) is 4. The Labute approximate surface area is 187 Å². The van der Waals surface area contributed by atoms with Crippen LogP contribution in [0, 0.1) is 0 Å². The molecule has 1 fully saturated rings. The first-order valence-electron chi connectivity index (χ1n) is 10.7. The van der Waals surface area contributed by atoms with Crippen molar-refractivity contribution in [3.8, 4) is 5.75 Å². The first-order valence-corrected chi connectivity index (χ1v) is 10.7. The van der Waals surface area contributed by atoms with Crippen LogP contribution < -0.4 is 20.5 Å². The van der Waals surface area contributed by atoms with E-state index in [1.54, 1.807) is 0 Å². The maximum atomic E-state index is 12.7. The summed E-state index contributed by atoms with van der Waals surface area (Å²) in [5, 5.41) is 7.05. The smallest absolute Gasteiger partial charge is 0.276 e. The fraction of sp³-hybridized carbons (Fsp3) is 0.292. The van der Waals surface area contributed by atoms with Crippen molar-refractivity contribution in [2.24, 2.45) is 0 Å². The highest BCUT2D eigenvalue weighted by Gasteiger charge is 2.15. The summed E-state index contributed by atoms with van der Waals surface area (Å²) in [5.74, 6) is 0.351. The van der Waals surface area contributed by atoms with Gasteiger partial charge in [-0.1, -0.05) is 18.2 Å². The van der Waals surface area contributed by atoms with Crippen LogP contribution in [0.4, 0.5) is 11.4 Å². The van der Waals surface area contributed by atoms with Gasteiger partial charge in [-0.25, -0.2) is 4.68 Å². The number of ether oxygens (including phenoxy) is 1. The van der Waals surface area contributed by atoms with Crippen molar-refractivity contribution in [2.75, 3.05) is 50.1 Å². The second kappa shape index (κ2) is 10.1. The van der Waals surface area contributed by atoms with Gasteiger partial charge in [-0.2, -0.15) is 5.10 Å². The average molecular weight is 434 g/mol. The summed E-state index contributed by atoms with van der Waals surface area (Å²) in [4.78, 5) is 29.4. The normalized spacial score (nSPS) is 14.2. The Hall–Kier alpha value is -3.65. The Bertz CT molecular complexity index is 1090. The van der Waals surface area contributed by atoms with Crippen molar-refractivity contribution in [3.05, 3.63) is 82.8 Å². The molecule has 2 heterocycles. The number of amides is 1. The van der Waals surface area contributed by atoms with Crippen molar-refractivity contribution < 1.29 is 9.53 Å². The molecule has 8 heteroatoms. The van der Waals surface area contributed by atoms with Crippen molar-refractivity contribution >= 4 is 17.3 Å². The van der Waals surface area contributed by atoms with E-state index in [1.165, 1.54) is 16.8 Å². The number of para-hydroxylation sites is 1. The minimum atomic E-state index is -0.366. The first-order chi connectivity index (χ1) is 15.6. The topological polar surface area (TPSA) is 79.7 Å². The van der Waals surface area contributed by atoms with Crippen LogP contribution in [0.5, 0.6) is 5.75 Å². The third-order valence-electron chi connectivity index (χ3n) is 5.41. The summed E-state index contributed by atoms with van der Waals surface area (Å²) < 4.78 is 6.87. The van der Waals surface area contributed by atoms with E-state index in [1.807, 2.05) is 54.6 Å². The van der Waals surface area contributed by atoms with Crippen LogP contribution in [-0.4, -0.2) is 60.4 Å². The fourth-order valence-corrected chi connectivity index (χ4v) is 3.51. The average Bonchev–Trinajstić information content (AvgIpc) is 2.82. The van der Waals surface area contributed by atoms with Crippen molar-refractivity contribution in [2.45, 2.75) is 6.54 Å². The molecule has 0 bridgehead atoms. The standard InChI is InChI=1S/C24H27N5O3/c1-27-13-15-28(16-14-27)20-9-7-19(8-10-20)25-24(31)22-11-12-23(30)29(26-22)17-18-32-21-5-3-2-4-6-21/h2-12H,13-18H2,1H3,(H,25,31). The number of hydrogen-bond acceptors (Lipinski definition) is 6. The van der Waals surface area contributed by atoms with E-state index in [0.717, 1.165) is 37.6 Å². The van der Waals surface area contributed by atoms with Gasteiger partial charge in [0.2, 0.25) is 0 Å². The van der Waals surface area contributed by atoms with Gasteiger partial charge in [-0.15, -0.1) is 0 Å². The molecule has 0 unspecified atom stereocenters. The molecular formula is C24H27N5O3. The molecule has 1 aliphatic rings. The third-order valence-corrected chi connectivity index (χ3v) is 5.41. The van der Waals surface area contributed by atoms with E-state index in [9.17, 15) is 9.59 Å². The lowest BCUT2D eigenvalue weighted by Crippen LogP contribution is -2.44. The predicted octanol–water partition coefficient (Wildman–Crippen LogP) is 2.33. The molecule has 1 amide bonds. The highest BCUT2D eigenvalue weighted by molar-refractivity contribution is 6.02. The molecule has 4 rings (SSSR count). The summed E-state index contributed by atoms with van der Waals surface area (Å²) in [6.45, 7) is 4.57. The van der Waals surface area contributed by atoms with E-state index < -0.39 is 0 Å². The number of benzene rings is 2. The summed E-state index contributed by atoms with van der Waals surface area (Å²) in [5.41, 5.74) is 1.71. The molecule has 3 aromatic rings. The summed E-state index contributed by atoms with van der Waals surface area (Å²) in [7, 11) is 2.13. The Morgan fingerprint density at radius 1 is 0.969 bits per heavy atom. The zero-order chi connectivity index (χ0) is 22.3. The van der Waals surface area contributed by atoms with Crippen LogP contribution >= 0.6 is 0 Å². The van der Waals surface area contributed by atoms with E-state index in [0.29, 0.717) is 5.69 Å². The lowest BCUT2D eigenvalue weighted by molar-refractivity contribution is 0.101. The molecular weight excluding hydrogens is 406 g/mol. The number of piperazine rings is 1. The molecule has 2 aromatic carbocycles. The summed E-state index contributed by atoms with van der Waals surface area (Å²) in [6, 6.07) is 19.9. The van der Waals surface area contributed by atoms with E-state index in [-0.39, 0.29) is 30.3 Å². The number of anilines is 2. The molecule has 1 N–H and O–H groups in total. The van der Waals surface area contributed by atoms with Gasteiger partial charge in [0.1, 0.15) is 18.1 Å². The Kier molecular flexibility index (Phi) is 6.81. The van der Waals surface area contributed by atoms with Crippen LogP contribution in [0.2, 0.25) is 0 Å². The molecule has 1 aliphatic heterocycles. The number of aromatic nitrogens is 2. The molecule has 0 radical (unpaired) electrons. The van der Waals surface area contributed by atoms with Gasteiger partial charge in [0, 0.05) is 43.6 Å². The van der Waals surface area contributed by atoms with Gasteiger partial charge in [-0.3, -0.25) is 9.59 Å². The largest absolute Gasteiger partial charge is 0.492 e. The fourth-order valence-electron chi connectivity index (χ4n) is 3.51. The van der Waals surface area contributed by atoms with Crippen molar-refractivity contribution in [3.63, 3.8) is 0 Å². The van der Waals surface area contributed by atoms with Crippen LogP contribution in [0.3, 0.4) is 0 Å². The van der Waals surface area contributed by atoms with Crippen LogP contribution in [0.15, 0.2) is 71.5 Å². The van der Waals surface area contributed by atoms with Gasteiger partial charge in [0.05, 0.1) is 6.54 Å². The molecule has 0 spiro atoms. The van der Waals surface area contributed by atoms with Gasteiger partial charge >= 0.3 is 0 Å². The van der Waals surface area contributed by atoms with Crippen molar-refractivity contribution in [1.82, 2.24) is 14.7 Å². The number of hydrogen-bond donors (Lipinski definition) is 1. The zero-order valence-corrected chi connectivity index (χ0v) is 18.1.